The number of aryl methyl sites for hydroxylation is 1. The molecule has 10 heteroatoms. The molecular weight excluding hydrogens is 424 g/mol. The molecule has 1 heterocycles. The Morgan fingerprint density at radius 2 is 1.86 bits per heavy atom. The van der Waals surface area contributed by atoms with Crippen LogP contribution in [-0.2, 0) is 19.6 Å². The Morgan fingerprint density at radius 3 is 2.43 bits per heavy atom. The quantitative estimate of drug-likeness (QED) is 0.628. The third-order valence-corrected chi connectivity index (χ3v) is 7.19. The predicted octanol–water partition coefficient (Wildman–Crippen LogP) is 3.54. The van der Waals surface area contributed by atoms with Crippen molar-refractivity contribution >= 4 is 50.5 Å². The SMILES string of the molecule is CCN(CC)S(=O)(=O)c1ccc(Cl)c(NC(=O)COC(=O)c2ccc(C)s2)c1. The minimum atomic E-state index is -3.70. The lowest BCUT2D eigenvalue weighted by molar-refractivity contribution is -0.119. The van der Waals surface area contributed by atoms with Crippen molar-refractivity contribution in [3.8, 4) is 0 Å². The van der Waals surface area contributed by atoms with Crippen molar-refractivity contribution in [3.63, 3.8) is 0 Å². The van der Waals surface area contributed by atoms with Crippen LogP contribution in [0.5, 0.6) is 0 Å². The van der Waals surface area contributed by atoms with E-state index >= 15 is 0 Å². The molecule has 1 aromatic heterocycles. The normalized spacial score (nSPS) is 11.5. The lowest BCUT2D eigenvalue weighted by Crippen LogP contribution is -2.30. The molecule has 0 saturated heterocycles. The van der Waals surface area contributed by atoms with Crippen molar-refractivity contribution in [1.29, 1.82) is 0 Å². The molecule has 1 N–H and O–H groups in total. The van der Waals surface area contributed by atoms with Gasteiger partial charge in [-0.3, -0.25) is 4.79 Å². The summed E-state index contributed by atoms with van der Waals surface area (Å²) in [7, 11) is -3.70. The molecule has 28 heavy (non-hydrogen) atoms. The van der Waals surface area contributed by atoms with Crippen LogP contribution < -0.4 is 5.32 Å². The third kappa shape index (κ3) is 5.32. The smallest absolute Gasteiger partial charge is 0.348 e. The Morgan fingerprint density at radius 1 is 1.18 bits per heavy atom. The molecule has 0 saturated carbocycles. The van der Waals surface area contributed by atoms with Gasteiger partial charge in [-0.2, -0.15) is 4.31 Å². The first-order valence-corrected chi connectivity index (χ1v) is 11.2. The summed E-state index contributed by atoms with van der Waals surface area (Å²) < 4.78 is 31.5. The molecule has 0 aliphatic heterocycles. The van der Waals surface area contributed by atoms with Gasteiger partial charge in [0.2, 0.25) is 10.0 Å². The van der Waals surface area contributed by atoms with E-state index in [-0.39, 0.29) is 15.6 Å². The maximum absolute atomic E-state index is 12.6. The van der Waals surface area contributed by atoms with E-state index in [4.69, 9.17) is 16.3 Å². The zero-order valence-corrected chi connectivity index (χ0v) is 18.1. The predicted molar refractivity (Wildman–Crippen MR) is 110 cm³/mol. The number of esters is 1. The maximum atomic E-state index is 12.6. The van der Waals surface area contributed by atoms with E-state index in [1.165, 1.54) is 33.8 Å². The van der Waals surface area contributed by atoms with Crippen LogP contribution in [0.25, 0.3) is 0 Å². The summed E-state index contributed by atoms with van der Waals surface area (Å²) >= 11 is 7.34. The topological polar surface area (TPSA) is 92.8 Å². The number of hydrogen-bond acceptors (Lipinski definition) is 6. The molecule has 7 nitrogen and oxygen atoms in total. The summed E-state index contributed by atoms with van der Waals surface area (Å²) in [6.07, 6.45) is 0. The highest BCUT2D eigenvalue weighted by Gasteiger charge is 2.23. The van der Waals surface area contributed by atoms with Crippen molar-refractivity contribution in [1.82, 2.24) is 4.31 Å². The van der Waals surface area contributed by atoms with Crippen LogP contribution in [0.1, 0.15) is 28.4 Å². The average molecular weight is 445 g/mol. The molecule has 0 fully saturated rings. The highest BCUT2D eigenvalue weighted by atomic mass is 35.5. The van der Waals surface area contributed by atoms with E-state index in [9.17, 15) is 18.0 Å². The van der Waals surface area contributed by atoms with Crippen LogP contribution in [-0.4, -0.2) is 44.3 Å². The largest absolute Gasteiger partial charge is 0.451 e. The summed E-state index contributed by atoms with van der Waals surface area (Å²) in [5.41, 5.74) is 0.128. The number of carbonyl (C=O) groups is 2. The second kappa shape index (κ2) is 9.51. The molecule has 0 atom stereocenters. The Balaban J connectivity index is 2.09. The minimum Gasteiger partial charge on any atom is -0.451 e. The van der Waals surface area contributed by atoms with Gasteiger partial charge in [0.05, 0.1) is 15.6 Å². The number of halogens is 1. The number of thiophene rings is 1. The summed E-state index contributed by atoms with van der Waals surface area (Å²) in [5, 5.41) is 2.66. The molecule has 0 unspecified atom stereocenters. The minimum absolute atomic E-state index is 0.0157. The zero-order valence-electron chi connectivity index (χ0n) is 15.7. The van der Waals surface area contributed by atoms with Gasteiger partial charge in [0.15, 0.2) is 6.61 Å². The number of anilines is 1. The lowest BCUT2D eigenvalue weighted by Gasteiger charge is -2.19. The fraction of sp³-hybridized carbons (Fsp3) is 0.333. The zero-order chi connectivity index (χ0) is 20.9. The molecule has 1 aromatic carbocycles. The first-order valence-electron chi connectivity index (χ1n) is 8.52. The van der Waals surface area contributed by atoms with Gasteiger partial charge in [-0.15, -0.1) is 11.3 Å². The van der Waals surface area contributed by atoms with Crippen molar-refractivity contribution in [2.24, 2.45) is 0 Å². The number of carbonyl (C=O) groups excluding carboxylic acids is 2. The fourth-order valence-corrected chi connectivity index (χ4v) is 4.82. The van der Waals surface area contributed by atoms with Gasteiger partial charge in [0.25, 0.3) is 5.91 Å². The Labute approximate surface area is 173 Å². The third-order valence-electron chi connectivity index (χ3n) is 3.83. The van der Waals surface area contributed by atoms with Crippen LogP contribution in [0.2, 0.25) is 5.02 Å². The van der Waals surface area contributed by atoms with E-state index in [1.807, 2.05) is 6.92 Å². The van der Waals surface area contributed by atoms with Gasteiger partial charge in [-0.25, -0.2) is 13.2 Å². The number of nitrogens with one attached hydrogen (secondary N) is 1. The molecule has 2 aromatic rings. The number of ether oxygens (including phenoxy) is 1. The summed E-state index contributed by atoms with van der Waals surface area (Å²) in [5.74, 6) is -1.22. The van der Waals surface area contributed by atoms with Gasteiger partial charge >= 0.3 is 5.97 Å². The van der Waals surface area contributed by atoms with Crippen molar-refractivity contribution in [2.45, 2.75) is 25.7 Å². The van der Waals surface area contributed by atoms with Gasteiger partial charge in [0.1, 0.15) is 4.88 Å². The summed E-state index contributed by atoms with van der Waals surface area (Å²) in [6, 6.07) is 7.47. The summed E-state index contributed by atoms with van der Waals surface area (Å²) in [6.45, 7) is 5.46. The van der Waals surface area contributed by atoms with Crippen LogP contribution in [0.3, 0.4) is 0 Å². The summed E-state index contributed by atoms with van der Waals surface area (Å²) in [4.78, 5) is 25.4. The molecular formula is C18H21ClN2O5S2. The van der Waals surface area contributed by atoms with Crippen molar-refractivity contribution in [3.05, 3.63) is 45.1 Å². The molecule has 2 rings (SSSR count). The average Bonchev–Trinajstić information content (AvgIpc) is 3.08. The molecule has 0 aliphatic rings. The van der Waals surface area contributed by atoms with E-state index in [1.54, 1.807) is 26.0 Å². The molecule has 152 valence electrons. The molecule has 1 amide bonds. The number of nitrogens with zero attached hydrogens (tertiary/aromatic N) is 1. The Hall–Kier alpha value is -1.94. The fourth-order valence-electron chi connectivity index (χ4n) is 2.41. The Kier molecular flexibility index (Phi) is 7.59. The first-order chi connectivity index (χ1) is 13.2. The van der Waals surface area contributed by atoms with E-state index in [2.05, 4.69) is 5.32 Å². The number of sulfonamides is 1. The number of rotatable bonds is 8. The van der Waals surface area contributed by atoms with E-state index in [0.29, 0.717) is 18.0 Å². The first kappa shape index (κ1) is 22.4. The van der Waals surface area contributed by atoms with Crippen molar-refractivity contribution in [2.75, 3.05) is 25.0 Å². The standard InChI is InChI=1S/C18H21ClN2O5S2/c1-4-21(5-2)28(24,25)13-7-8-14(19)15(10-13)20-17(22)11-26-18(23)16-9-6-12(3)27-16/h6-10H,4-5,11H2,1-3H3,(H,20,22). The van der Waals surface area contributed by atoms with Gasteiger partial charge in [-0.05, 0) is 37.3 Å². The number of benzene rings is 1. The van der Waals surface area contributed by atoms with Gasteiger partial charge in [0, 0.05) is 18.0 Å². The second-order valence-electron chi connectivity index (χ2n) is 5.77. The van der Waals surface area contributed by atoms with Gasteiger partial charge < -0.3 is 10.1 Å². The van der Waals surface area contributed by atoms with E-state index in [0.717, 1.165) is 4.88 Å². The number of hydrogen-bond donors (Lipinski definition) is 1. The van der Waals surface area contributed by atoms with E-state index < -0.39 is 28.5 Å². The molecule has 0 aliphatic carbocycles. The lowest BCUT2D eigenvalue weighted by atomic mass is 10.3. The molecule has 0 bridgehead atoms. The van der Waals surface area contributed by atoms with Crippen LogP contribution in [0, 0.1) is 6.92 Å². The highest BCUT2D eigenvalue weighted by molar-refractivity contribution is 7.89. The molecule has 0 spiro atoms. The molecule has 0 radical (unpaired) electrons. The van der Waals surface area contributed by atoms with Crippen LogP contribution in [0.15, 0.2) is 35.2 Å². The maximum Gasteiger partial charge on any atom is 0.348 e. The van der Waals surface area contributed by atoms with Crippen molar-refractivity contribution < 1.29 is 22.7 Å². The van der Waals surface area contributed by atoms with Gasteiger partial charge in [-0.1, -0.05) is 25.4 Å². The van der Waals surface area contributed by atoms with Crippen LogP contribution >= 0.6 is 22.9 Å². The van der Waals surface area contributed by atoms with Crippen LogP contribution in [0.4, 0.5) is 5.69 Å². The highest BCUT2D eigenvalue weighted by Crippen LogP contribution is 2.27. The Bertz CT molecular complexity index is 968. The second-order valence-corrected chi connectivity index (χ2v) is 9.40. The monoisotopic (exact) mass is 444 g/mol. The number of amides is 1.